The maximum atomic E-state index is 15.6. The molecule has 11 nitrogen and oxygen atoms in total. The summed E-state index contributed by atoms with van der Waals surface area (Å²) < 4.78 is 23.2. The molecule has 12 heteroatoms. The lowest BCUT2D eigenvalue weighted by Gasteiger charge is -2.29. The van der Waals surface area contributed by atoms with E-state index in [0.717, 1.165) is 71.6 Å². The Hall–Kier alpha value is -5.17. The molecule has 2 amide bonds. The number of anilines is 1. The number of carbonyl (C=O) groups excluding carboxylic acids is 2. The van der Waals surface area contributed by atoms with Crippen molar-refractivity contribution >= 4 is 28.5 Å². The Morgan fingerprint density at radius 3 is 2.55 bits per heavy atom. The molecular formula is C43H49FN8O3. The van der Waals surface area contributed by atoms with E-state index < -0.39 is 5.91 Å². The number of nitrogens with one attached hydrogen (secondary N) is 2. The van der Waals surface area contributed by atoms with Gasteiger partial charge in [0.25, 0.3) is 5.91 Å². The second-order valence-electron chi connectivity index (χ2n) is 15.1. The van der Waals surface area contributed by atoms with E-state index in [2.05, 4.69) is 39.7 Å². The maximum Gasteiger partial charge on any atom is 0.254 e. The van der Waals surface area contributed by atoms with E-state index in [0.29, 0.717) is 49.4 Å². The molecule has 0 unspecified atom stereocenters. The lowest BCUT2D eigenvalue weighted by atomic mass is 9.99. The van der Waals surface area contributed by atoms with Gasteiger partial charge >= 0.3 is 0 Å². The Labute approximate surface area is 321 Å². The fourth-order valence-electron chi connectivity index (χ4n) is 8.51. The highest BCUT2D eigenvalue weighted by Gasteiger charge is 2.37. The molecule has 286 valence electrons. The predicted molar refractivity (Wildman–Crippen MR) is 211 cm³/mol. The minimum Gasteiger partial charge on any atom is -0.381 e. The number of amides is 2. The fourth-order valence-corrected chi connectivity index (χ4v) is 8.51. The third-order valence-electron chi connectivity index (χ3n) is 11.4. The van der Waals surface area contributed by atoms with Gasteiger partial charge in [-0.3, -0.25) is 14.5 Å². The van der Waals surface area contributed by atoms with Crippen LogP contribution in [0.2, 0.25) is 0 Å². The highest BCUT2D eigenvalue weighted by molar-refractivity contribution is 5.99. The molecule has 2 atom stereocenters. The van der Waals surface area contributed by atoms with Gasteiger partial charge in [0.15, 0.2) is 5.65 Å². The molecule has 0 aliphatic carbocycles. The Bertz CT molecular complexity index is 2220. The average molecular weight is 745 g/mol. The van der Waals surface area contributed by atoms with Crippen molar-refractivity contribution in [1.82, 2.24) is 29.9 Å². The van der Waals surface area contributed by atoms with Crippen molar-refractivity contribution in [1.29, 1.82) is 0 Å². The molecule has 55 heavy (non-hydrogen) atoms. The van der Waals surface area contributed by atoms with Crippen molar-refractivity contribution in [3.63, 3.8) is 0 Å². The highest BCUT2D eigenvalue weighted by Crippen LogP contribution is 2.34. The van der Waals surface area contributed by atoms with E-state index in [-0.39, 0.29) is 36.4 Å². The van der Waals surface area contributed by atoms with Gasteiger partial charge in [0.05, 0.1) is 23.8 Å². The van der Waals surface area contributed by atoms with Crippen molar-refractivity contribution in [2.75, 3.05) is 31.6 Å². The molecule has 4 N–H and O–H groups in total. The van der Waals surface area contributed by atoms with Gasteiger partial charge in [-0.2, -0.15) is 5.10 Å². The molecule has 0 spiro atoms. The molecule has 0 saturated carbocycles. The predicted octanol–water partition coefficient (Wildman–Crippen LogP) is 5.90. The molecule has 3 aromatic carbocycles. The van der Waals surface area contributed by atoms with Crippen molar-refractivity contribution in [2.24, 2.45) is 5.73 Å². The number of likely N-dealkylation sites (tertiary alicyclic amines) is 1. The number of aryl methyl sites for hydroxylation is 2. The molecule has 2 aromatic heterocycles. The molecule has 0 radical (unpaired) electrons. The first kappa shape index (κ1) is 36.8. The first-order valence-electron chi connectivity index (χ1n) is 19.5. The quantitative estimate of drug-likeness (QED) is 0.136. The number of nitrogens with two attached hydrogens (primary N) is 1. The molecule has 2 bridgehead atoms. The third-order valence-corrected chi connectivity index (χ3v) is 11.4. The summed E-state index contributed by atoms with van der Waals surface area (Å²) in [6, 6.07) is 21.1. The zero-order valence-corrected chi connectivity index (χ0v) is 31.6. The summed E-state index contributed by atoms with van der Waals surface area (Å²) in [5.74, 6) is -1.31. The number of ether oxygens (including phenoxy) is 1. The second kappa shape index (κ2) is 15.9. The number of nitrogens with zero attached hydrogens (tertiary/aromatic N) is 5. The van der Waals surface area contributed by atoms with Crippen LogP contribution < -0.4 is 16.4 Å². The van der Waals surface area contributed by atoms with Crippen LogP contribution in [0, 0.1) is 5.82 Å². The van der Waals surface area contributed by atoms with Gasteiger partial charge in [0.1, 0.15) is 5.82 Å². The van der Waals surface area contributed by atoms with E-state index >= 15 is 4.39 Å². The van der Waals surface area contributed by atoms with E-state index in [9.17, 15) is 9.59 Å². The zero-order valence-electron chi connectivity index (χ0n) is 31.6. The normalized spacial score (nSPS) is 18.6. The van der Waals surface area contributed by atoms with Crippen LogP contribution in [-0.4, -0.2) is 80.8 Å². The Kier molecular flexibility index (Phi) is 10.6. The number of halogens is 1. The van der Waals surface area contributed by atoms with Gasteiger partial charge in [0, 0.05) is 86.4 Å². The standard InChI is InChI=1S/C43H49FN8O3/c1-3-39-38(40(48-34-11-13-55-14-12-34)37-22-47-52(4-2)42(37)49-39)26-51(43(54)31-10-6-9-30(18-31)41(45)53)24-28-16-32(19-33(44)17-28)29-8-5-7-27(15-29)23-50-25-35-20-36(50)21-46-35/h5-10,15-19,22,34-36,46H,3-4,11-14,20-21,23-26H2,1-2H3,(H2,45,53)(H,48,49)/t35-,36-/m0/s1. The van der Waals surface area contributed by atoms with E-state index in [4.69, 9.17) is 15.5 Å². The zero-order chi connectivity index (χ0) is 38.1. The van der Waals surface area contributed by atoms with Crippen LogP contribution in [0.5, 0.6) is 0 Å². The molecule has 3 aliphatic heterocycles. The molecular weight excluding hydrogens is 696 g/mol. The summed E-state index contributed by atoms with van der Waals surface area (Å²) in [7, 11) is 0. The maximum absolute atomic E-state index is 15.6. The van der Waals surface area contributed by atoms with Gasteiger partial charge < -0.3 is 26.0 Å². The van der Waals surface area contributed by atoms with Crippen molar-refractivity contribution in [2.45, 2.75) is 83.8 Å². The van der Waals surface area contributed by atoms with Crippen LogP contribution in [0.15, 0.2) is 72.9 Å². The molecule has 3 aliphatic rings. The molecule has 3 saturated heterocycles. The van der Waals surface area contributed by atoms with E-state index in [1.807, 2.05) is 36.0 Å². The second-order valence-corrected chi connectivity index (χ2v) is 15.1. The summed E-state index contributed by atoms with van der Waals surface area (Å²) in [5, 5.41) is 12.9. The number of hydrogen-bond donors (Lipinski definition) is 3. The summed E-state index contributed by atoms with van der Waals surface area (Å²) in [5.41, 5.74) is 13.1. The smallest absolute Gasteiger partial charge is 0.254 e. The van der Waals surface area contributed by atoms with Crippen molar-refractivity contribution < 1.29 is 18.7 Å². The van der Waals surface area contributed by atoms with Gasteiger partial charge in [-0.15, -0.1) is 0 Å². The third kappa shape index (κ3) is 7.85. The van der Waals surface area contributed by atoms with Crippen LogP contribution in [0.3, 0.4) is 0 Å². The molecule has 5 aromatic rings. The Morgan fingerprint density at radius 1 is 1.00 bits per heavy atom. The SMILES string of the molecule is CCc1nc2c(cnn2CC)c(NC2CCOCC2)c1CN(Cc1cc(F)cc(-c2cccc(CN3C[C@@H]4C[C@H]3CN4)c2)c1)C(=O)c1cccc(C(N)=O)c1. The Morgan fingerprint density at radius 2 is 1.80 bits per heavy atom. The number of fused-ring (bicyclic) bond motifs is 3. The highest BCUT2D eigenvalue weighted by atomic mass is 19.1. The molecule has 3 fully saturated rings. The van der Waals surface area contributed by atoms with Crippen molar-refractivity contribution in [3.8, 4) is 11.1 Å². The van der Waals surface area contributed by atoms with Crippen molar-refractivity contribution in [3.05, 3.63) is 112 Å². The average Bonchev–Trinajstić information content (AvgIpc) is 3.95. The van der Waals surface area contributed by atoms with Crippen LogP contribution in [0.4, 0.5) is 10.1 Å². The number of carbonyl (C=O) groups is 2. The first-order chi connectivity index (χ1) is 26.8. The largest absolute Gasteiger partial charge is 0.381 e. The number of pyridine rings is 1. The summed E-state index contributed by atoms with van der Waals surface area (Å²) >= 11 is 0. The number of rotatable bonds is 13. The number of aromatic nitrogens is 3. The minimum absolute atomic E-state index is 0.111. The number of primary amides is 1. The number of benzene rings is 3. The number of piperazine rings is 1. The number of hydrogen-bond acceptors (Lipinski definition) is 8. The molecule has 5 heterocycles. The lowest BCUT2D eigenvalue weighted by Crippen LogP contribution is -2.42. The summed E-state index contributed by atoms with van der Waals surface area (Å²) in [6.07, 6.45) is 5.35. The van der Waals surface area contributed by atoms with E-state index in [1.165, 1.54) is 24.1 Å². The monoisotopic (exact) mass is 744 g/mol. The van der Waals surface area contributed by atoms with Gasteiger partial charge in [0.2, 0.25) is 5.91 Å². The van der Waals surface area contributed by atoms with Gasteiger partial charge in [-0.05, 0) is 97.3 Å². The van der Waals surface area contributed by atoms with E-state index in [1.54, 1.807) is 29.2 Å². The minimum atomic E-state index is -0.620. The van der Waals surface area contributed by atoms with Crippen LogP contribution in [0.1, 0.15) is 76.2 Å². The van der Waals surface area contributed by atoms with Crippen LogP contribution in [-0.2, 0) is 37.3 Å². The lowest BCUT2D eigenvalue weighted by molar-refractivity contribution is 0.0729. The van der Waals surface area contributed by atoms with Crippen LogP contribution in [0.25, 0.3) is 22.2 Å². The van der Waals surface area contributed by atoms with Gasteiger partial charge in [-0.1, -0.05) is 31.2 Å². The van der Waals surface area contributed by atoms with Gasteiger partial charge in [-0.25, -0.2) is 14.1 Å². The first-order valence-corrected chi connectivity index (χ1v) is 19.5. The summed E-state index contributed by atoms with van der Waals surface area (Å²) in [4.78, 5) is 36.2. The fraction of sp³-hybridized carbons (Fsp3) is 0.395. The van der Waals surface area contributed by atoms with Crippen LogP contribution >= 0.6 is 0 Å². The molecule has 8 rings (SSSR count). The topological polar surface area (TPSA) is 131 Å². The Balaban J connectivity index is 1.17. The summed E-state index contributed by atoms with van der Waals surface area (Å²) in [6.45, 7) is 9.31.